The highest BCUT2D eigenvalue weighted by Gasteiger charge is 2.49. The summed E-state index contributed by atoms with van der Waals surface area (Å²) in [4.78, 5) is 36.4. The van der Waals surface area contributed by atoms with Crippen molar-refractivity contribution in [3.8, 4) is 0 Å². The lowest BCUT2D eigenvalue weighted by molar-refractivity contribution is -0.150. The van der Waals surface area contributed by atoms with E-state index in [2.05, 4.69) is 5.32 Å². The van der Waals surface area contributed by atoms with Gasteiger partial charge in [0.2, 0.25) is 11.8 Å². The fraction of sp³-hybridized carbons (Fsp3) is 0.824. The van der Waals surface area contributed by atoms with E-state index in [1.165, 1.54) is 50.9 Å². The molecule has 2 saturated carbocycles. The topological polar surface area (TPSA) is 86.7 Å². The van der Waals surface area contributed by atoms with Crippen molar-refractivity contribution >= 4 is 17.8 Å². The molecule has 0 radical (unpaired) electrons. The van der Waals surface area contributed by atoms with Crippen LogP contribution in [0.5, 0.6) is 0 Å². The van der Waals surface area contributed by atoms with Gasteiger partial charge in [-0.3, -0.25) is 9.59 Å². The van der Waals surface area contributed by atoms with Crippen LogP contribution in [-0.4, -0.2) is 46.9 Å². The summed E-state index contributed by atoms with van der Waals surface area (Å²) in [5, 5.41) is 11.9. The SMILES string of the molecule is CC(=O)NCCN(C(=O)C1CC1C1CCCCC1)C(C)C(=O)O. The van der Waals surface area contributed by atoms with Gasteiger partial charge in [-0.15, -0.1) is 0 Å². The number of nitrogens with one attached hydrogen (secondary N) is 1. The van der Waals surface area contributed by atoms with Crippen molar-refractivity contribution in [1.82, 2.24) is 10.2 Å². The Morgan fingerprint density at radius 2 is 1.87 bits per heavy atom. The summed E-state index contributed by atoms with van der Waals surface area (Å²) in [6.07, 6.45) is 7.09. The Balaban J connectivity index is 1.93. The number of hydrogen-bond acceptors (Lipinski definition) is 3. The second-order valence-corrected chi connectivity index (χ2v) is 6.93. The van der Waals surface area contributed by atoms with Crippen LogP contribution in [0.1, 0.15) is 52.4 Å². The predicted molar refractivity (Wildman–Crippen MR) is 85.7 cm³/mol. The first-order valence-corrected chi connectivity index (χ1v) is 8.69. The van der Waals surface area contributed by atoms with Gasteiger partial charge in [-0.1, -0.05) is 32.1 Å². The summed E-state index contributed by atoms with van der Waals surface area (Å²) in [6, 6.07) is -0.858. The Labute approximate surface area is 137 Å². The first kappa shape index (κ1) is 17.8. The van der Waals surface area contributed by atoms with E-state index in [-0.39, 0.29) is 24.3 Å². The molecule has 0 heterocycles. The minimum absolute atomic E-state index is 0.0165. The van der Waals surface area contributed by atoms with E-state index in [0.717, 1.165) is 6.42 Å². The molecular formula is C17H28N2O4. The Bertz CT molecular complexity index is 460. The van der Waals surface area contributed by atoms with Gasteiger partial charge < -0.3 is 15.3 Å². The number of aliphatic carboxylic acids is 1. The largest absolute Gasteiger partial charge is 0.480 e. The zero-order chi connectivity index (χ0) is 17.0. The Morgan fingerprint density at radius 3 is 2.43 bits per heavy atom. The van der Waals surface area contributed by atoms with E-state index < -0.39 is 12.0 Å². The smallest absolute Gasteiger partial charge is 0.326 e. The third-order valence-corrected chi connectivity index (χ3v) is 5.25. The quantitative estimate of drug-likeness (QED) is 0.745. The molecule has 2 N–H and O–H groups in total. The van der Waals surface area contributed by atoms with Crippen molar-refractivity contribution in [3.63, 3.8) is 0 Å². The van der Waals surface area contributed by atoms with Gasteiger partial charge in [-0.05, 0) is 25.2 Å². The van der Waals surface area contributed by atoms with Gasteiger partial charge in [0.05, 0.1) is 0 Å². The molecule has 3 unspecified atom stereocenters. The Morgan fingerprint density at radius 1 is 1.22 bits per heavy atom. The maximum absolute atomic E-state index is 12.7. The van der Waals surface area contributed by atoms with E-state index in [9.17, 15) is 19.5 Å². The molecule has 0 bridgehead atoms. The molecule has 2 fully saturated rings. The first-order valence-electron chi connectivity index (χ1n) is 8.69. The molecular weight excluding hydrogens is 296 g/mol. The average molecular weight is 324 g/mol. The molecule has 0 aromatic carbocycles. The third kappa shape index (κ3) is 4.69. The number of carbonyl (C=O) groups is 3. The molecule has 6 heteroatoms. The fourth-order valence-corrected chi connectivity index (χ4v) is 3.78. The van der Waals surface area contributed by atoms with Gasteiger partial charge >= 0.3 is 5.97 Å². The number of rotatable bonds is 7. The van der Waals surface area contributed by atoms with Gasteiger partial charge in [0.25, 0.3) is 0 Å². The maximum atomic E-state index is 12.7. The molecule has 0 aliphatic heterocycles. The molecule has 0 spiro atoms. The van der Waals surface area contributed by atoms with Crippen LogP contribution in [-0.2, 0) is 14.4 Å². The Hall–Kier alpha value is -1.59. The van der Waals surface area contributed by atoms with Gasteiger partial charge in [-0.25, -0.2) is 4.79 Å². The van der Waals surface area contributed by atoms with Crippen LogP contribution in [0.15, 0.2) is 0 Å². The molecule has 2 aliphatic rings. The monoisotopic (exact) mass is 324 g/mol. The zero-order valence-electron chi connectivity index (χ0n) is 14.1. The van der Waals surface area contributed by atoms with Crippen molar-refractivity contribution < 1.29 is 19.5 Å². The summed E-state index contributed by atoms with van der Waals surface area (Å²) in [5.41, 5.74) is 0. The maximum Gasteiger partial charge on any atom is 0.326 e. The molecule has 0 saturated heterocycles. The van der Waals surface area contributed by atoms with Crippen LogP contribution >= 0.6 is 0 Å². The lowest BCUT2D eigenvalue weighted by Gasteiger charge is -2.28. The molecule has 3 atom stereocenters. The van der Waals surface area contributed by atoms with E-state index >= 15 is 0 Å². The van der Waals surface area contributed by atoms with E-state index in [1.54, 1.807) is 0 Å². The van der Waals surface area contributed by atoms with Crippen molar-refractivity contribution in [2.75, 3.05) is 13.1 Å². The molecule has 23 heavy (non-hydrogen) atoms. The number of hydrogen-bond donors (Lipinski definition) is 2. The molecule has 0 aromatic heterocycles. The molecule has 0 aromatic rings. The first-order chi connectivity index (χ1) is 10.9. The van der Waals surface area contributed by atoms with E-state index in [1.807, 2.05) is 0 Å². The predicted octanol–water partition coefficient (Wildman–Crippen LogP) is 1.64. The fourth-order valence-electron chi connectivity index (χ4n) is 3.78. The standard InChI is InChI=1S/C17H28N2O4/c1-11(17(22)23)19(9-8-18-12(2)20)16(21)15-10-14(15)13-6-4-3-5-7-13/h11,13-15H,3-10H2,1-2H3,(H,18,20)(H,22,23). The highest BCUT2D eigenvalue weighted by molar-refractivity contribution is 5.86. The van der Waals surface area contributed by atoms with Crippen LogP contribution in [0.2, 0.25) is 0 Å². The van der Waals surface area contributed by atoms with Gasteiger partial charge in [0.15, 0.2) is 0 Å². The average Bonchev–Trinajstić information content (AvgIpc) is 3.31. The number of amides is 2. The summed E-state index contributed by atoms with van der Waals surface area (Å²) in [5.74, 6) is -0.178. The number of carboxylic acids is 1. The lowest BCUT2D eigenvalue weighted by Crippen LogP contribution is -2.47. The van der Waals surface area contributed by atoms with Crippen molar-refractivity contribution in [2.24, 2.45) is 17.8 Å². The summed E-state index contributed by atoms with van der Waals surface area (Å²) >= 11 is 0. The van der Waals surface area contributed by atoms with Crippen LogP contribution in [0, 0.1) is 17.8 Å². The molecule has 2 amide bonds. The number of nitrogens with zero attached hydrogens (tertiary/aromatic N) is 1. The minimum Gasteiger partial charge on any atom is -0.480 e. The van der Waals surface area contributed by atoms with E-state index in [4.69, 9.17) is 0 Å². The van der Waals surface area contributed by atoms with E-state index in [0.29, 0.717) is 18.4 Å². The van der Waals surface area contributed by atoms with Crippen molar-refractivity contribution in [3.05, 3.63) is 0 Å². The summed E-state index contributed by atoms with van der Waals surface area (Å²) < 4.78 is 0. The highest BCUT2D eigenvalue weighted by atomic mass is 16.4. The Kier molecular flexibility index (Phi) is 6.02. The van der Waals surface area contributed by atoms with Gasteiger partial charge in [0.1, 0.15) is 6.04 Å². The van der Waals surface area contributed by atoms with Crippen LogP contribution in [0.3, 0.4) is 0 Å². The molecule has 6 nitrogen and oxygen atoms in total. The second-order valence-electron chi connectivity index (χ2n) is 6.93. The number of carboxylic acid groups (broad SMARTS) is 1. The van der Waals surface area contributed by atoms with Crippen LogP contribution in [0.25, 0.3) is 0 Å². The van der Waals surface area contributed by atoms with Crippen LogP contribution in [0.4, 0.5) is 0 Å². The number of carbonyl (C=O) groups excluding carboxylic acids is 2. The highest BCUT2D eigenvalue weighted by Crippen LogP contribution is 2.50. The lowest BCUT2D eigenvalue weighted by atomic mass is 9.85. The molecule has 2 rings (SSSR count). The normalized spacial score (nSPS) is 25.5. The van der Waals surface area contributed by atoms with Crippen molar-refractivity contribution in [2.45, 2.75) is 58.4 Å². The van der Waals surface area contributed by atoms with Crippen molar-refractivity contribution in [1.29, 1.82) is 0 Å². The summed E-state index contributed by atoms with van der Waals surface area (Å²) in [6.45, 7) is 3.48. The third-order valence-electron chi connectivity index (χ3n) is 5.25. The molecule has 130 valence electrons. The van der Waals surface area contributed by atoms with Gasteiger partial charge in [-0.2, -0.15) is 0 Å². The molecule has 2 aliphatic carbocycles. The van der Waals surface area contributed by atoms with Gasteiger partial charge in [0, 0.05) is 25.9 Å². The minimum atomic E-state index is -1.00. The summed E-state index contributed by atoms with van der Waals surface area (Å²) in [7, 11) is 0. The zero-order valence-corrected chi connectivity index (χ0v) is 14.1. The second kappa shape index (κ2) is 7.79. The van der Waals surface area contributed by atoms with Crippen LogP contribution < -0.4 is 5.32 Å².